The molecule has 5 nitrogen and oxygen atoms in total. The lowest BCUT2D eigenvalue weighted by Crippen LogP contribution is -2.30. The summed E-state index contributed by atoms with van der Waals surface area (Å²) in [6, 6.07) is 7.88. The van der Waals surface area contributed by atoms with Crippen LogP contribution in [0.5, 0.6) is 17.2 Å². The standard InChI is InChI=1S/C17H16Cl3NO4/c1-9(25-14-5-4-10(18)6-11(14)19)17(22)21-13-8-15(23-2)12(20)7-16(13)24-3/h4-9H,1-3H3,(H,21,22)/t9-/m1/s1. The van der Waals surface area contributed by atoms with Gasteiger partial charge in [-0.2, -0.15) is 0 Å². The molecule has 2 aromatic rings. The van der Waals surface area contributed by atoms with Crippen molar-refractivity contribution in [2.24, 2.45) is 0 Å². The van der Waals surface area contributed by atoms with Gasteiger partial charge in [-0.15, -0.1) is 0 Å². The number of hydrogen-bond donors (Lipinski definition) is 1. The highest BCUT2D eigenvalue weighted by Crippen LogP contribution is 2.36. The van der Waals surface area contributed by atoms with Crippen LogP contribution < -0.4 is 19.5 Å². The first-order valence-electron chi connectivity index (χ1n) is 7.19. The summed E-state index contributed by atoms with van der Waals surface area (Å²) in [5.74, 6) is 0.769. The Morgan fingerprint density at radius 3 is 2.20 bits per heavy atom. The maximum atomic E-state index is 12.4. The van der Waals surface area contributed by atoms with Crippen LogP contribution in [0, 0.1) is 0 Å². The van der Waals surface area contributed by atoms with Crippen molar-refractivity contribution in [3.63, 3.8) is 0 Å². The van der Waals surface area contributed by atoms with E-state index in [9.17, 15) is 4.79 Å². The van der Waals surface area contributed by atoms with Crippen molar-refractivity contribution in [1.29, 1.82) is 0 Å². The molecule has 0 heterocycles. The van der Waals surface area contributed by atoms with Gasteiger partial charge in [0, 0.05) is 17.2 Å². The molecule has 0 saturated carbocycles. The topological polar surface area (TPSA) is 56.8 Å². The quantitative estimate of drug-likeness (QED) is 0.730. The van der Waals surface area contributed by atoms with Gasteiger partial charge in [0.1, 0.15) is 17.2 Å². The maximum Gasteiger partial charge on any atom is 0.265 e. The number of nitrogens with one attached hydrogen (secondary N) is 1. The fourth-order valence-electron chi connectivity index (χ4n) is 2.01. The Hall–Kier alpha value is -1.82. The predicted molar refractivity (Wildman–Crippen MR) is 99.7 cm³/mol. The van der Waals surface area contributed by atoms with Crippen molar-refractivity contribution in [3.8, 4) is 17.2 Å². The summed E-state index contributed by atoms with van der Waals surface area (Å²) in [4.78, 5) is 12.4. The molecule has 1 N–H and O–H groups in total. The molecule has 0 saturated heterocycles. The van der Waals surface area contributed by atoms with Crippen molar-refractivity contribution < 1.29 is 19.0 Å². The van der Waals surface area contributed by atoms with Gasteiger partial charge in [0.05, 0.1) is 30.0 Å². The molecule has 0 aliphatic heterocycles. The maximum absolute atomic E-state index is 12.4. The van der Waals surface area contributed by atoms with Crippen LogP contribution in [-0.2, 0) is 4.79 Å². The molecule has 0 aliphatic rings. The predicted octanol–water partition coefficient (Wildman–Crippen LogP) is 5.07. The summed E-state index contributed by atoms with van der Waals surface area (Å²) < 4.78 is 16.0. The molecule has 1 amide bonds. The van der Waals surface area contributed by atoms with Gasteiger partial charge in [-0.3, -0.25) is 4.79 Å². The highest BCUT2D eigenvalue weighted by molar-refractivity contribution is 6.35. The van der Waals surface area contributed by atoms with Crippen molar-refractivity contribution >= 4 is 46.4 Å². The van der Waals surface area contributed by atoms with E-state index in [1.165, 1.54) is 20.3 Å². The van der Waals surface area contributed by atoms with Crippen molar-refractivity contribution in [2.75, 3.05) is 19.5 Å². The fraction of sp³-hybridized carbons (Fsp3) is 0.235. The number of carbonyl (C=O) groups is 1. The molecule has 0 unspecified atom stereocenters. The van der Waals surface area contributed by atoms with Crippen LogP contribution >= 0.6 is 34.8 Å². The minimum Gasteiger partial charge on any atom is -0.495 e. The van der Waals surface area contributed by atoms with Crippen LogP contribution in [0.25, 0.3) is 0 Å². The second kappa shape index (κ2) is 8.52. The van der Waals surface area contributed by atoms with Gasteiger partial charge in [-0.25, -0.2) is 0 Å². The Labute approximate surface area is 160 Å². The first-order valence-corrected chi connectivity index (χ1v) is 8.33. The third kappa shape index (κ3) is 4.84. The largest absolute Gasteiger partial charge is 0.495 e. The molecule has 25 heavy (non-hydrogen) atoms. The molecule has 134 valence electrons. The Balaban J connectivity index is 2.15. The molecule has 0 spiro atoms. The van der Waals surface area contributed by atoms with Gasteiger partial charge in [0.25, 0.3) is 5.91 Å². The fourth-order valence-corrected chi connectivity index (χ4v) is 2.69. The van der Waals surface area contributed by atoms with E-state index >= 15 is 0 Å². The zero-order valence-electron chi connectivity index (χ0n) is 13.7. The number of carbonyl (C=O) groups excluding carboxylic acids is 1. The molecule has 0 radical (unpaired) electrons. The summed E-state index contributed by atoms with van der Waals surface area (Å²) in [5, 5.41) is 3.88. The van der Waals surface area contributed by atoms with Crippen molar-refractivity contribution in [1.82, 2.24) is 0 Å². The van der Waals surface area contributed by atoms with Gasteiger partial charge in [0.2, 0.25) is 0 Å². The molecule has 8 heteroatoms. The Morgan fingerprint density at radius 2 is 1.60 bits per heavy atom. The van der Waals surface area contributed by atoms with Crippen LogP contribution in [-0.4, -0.2) is 26.2 Å². The molecule has 2 rings (SSSR count). The monoisotopic (exact) mass is 403 g/mol. The Kier molecular flexibility index (Phi) is 6.64. The third-order valence-corrected chi connectivity index (χ3v) is 4.12. The summed E-state index contributed by atoms with van der Waals surface area (Å²) in [6.45, 7) is 1.60. The van der Waals surface area contributed by atoms with Gasteiger partial charge in [-0.05, 0) is 25.1 Å². The van der Waals surface area contributed by atoms with E-state index < -0.39 is 12.0 Å². The number of hydrogen-bond acceptors (Lipinski definition) is 4. The van der Waals surface area contributed by atoms with Crippen LogP contribution in [0.4, 0.5) is 5.69 Å². The zero-order chi connectivity index (χ0) is 18.6. The normalized spacial score (nSPS) is 11.6. The lowest BCUT2D eigenvalue weighted by atomic mass is 10.2. The van der Waals surface area contributed by atoms with Crippen LogP contribution in [0.3, 0.4) is 0 Å². The molecule has 1 atom stereocenters. The number of anilines is 1. The second-order valence-corrected chi connectivity index (χ2v) is 6.26. The molecule has 0 bridgehead atoms. The SMILES string of the molecule is COc1cc(NC(=O)[C@@H](C)Oc2ccc(Cl)cc2Cl)c(OC)cc1Cl. The van der Waals surface area contributed by atoms with Gasteiger partial charge < -0.3 is 19.5 Å². The number of methoxy groups -OCH3 is 2. The Morgan fingerprint density at radius 1 is 0.960 bits per heavy atom. The highest BCUT2D eigenvalue weighted by Gasteiger charge is 2.19. The van der Waals surface area contributed by atoms with E-state index in [4.69, 9.17) is 49.0 Å². The highest BCUT2D eigenvalue weighted by atomic mass is 35.5. The number of halogens is 3. The number of benzene rings is 2. The molecule has 0 aliphatic carbocycles. The first kappa shape index (κ1) is 19.5. The van der Waals surface area contributed by atoms with E-state index in [1.54, 1.807) is 31.2 Å². The van der Waals surface area contributed by atoms with E-state index in [1.807, 2.05) is 0 Å². The number of ether oxygens (including phenoxy) is 3. The molecule has 0 fully saturated rings. The molecule has 0 aromatic heterocycles. The summed E-state index contributed by atoms with van der Waals surface area (Å²) >= 11 is 17.9. The lowest BCUT2D eigenvalue weighted by molar-refractivity contribution is -0.122. The molecule has 2 aromatic carbocycles. The molecular weight excluding hydrogens is 389 g/mol. The molecular formula is C17H16Cl3NO4. The van der Waals surface area contributed by atoms with Gasteiger partial charge in [-0.1, -0.05) is 34.8 Å². The zero-order valence-corrected chi connectivity index (χ0v) is 16.0. The number of rotatable bonds is 6. The van der Waals surface area contributed by atoms with E-state index in [2.05, 4.69) is 5.32 Å². The summed E-state index contributed by atoms with van der Waals surface area (Å²) in [7, 11) is 2.95. The average Bonchev–Trinajstić information content (AvgIpc) is 2.58. The minimum atomic E-state index is -0.815. The van der Waals surface area contributed by atoms with Crippen LogP contribution in [0.15, 0.2) is 30.3 Å². The summed E-state index contributed by atoms with van der Waals surface area (Å²) in [5.41, 5.74) is 0.409. The van der Waals surface area contributed by atoms with Crippen LogP contribution in [0.1, 0.15) is 6.92 Å². The lowest BCUT2D eigenvalue weighted by Gasteiger charge is -2.17. The van der Waals surface area contributed by atoms with E-state index in [-0.39, 0.29) is 0 Å². The summed E-state index contributed by atoms with van der Waals surface area (Å²) in [6.07, 6.45) is -0.815. The van der Waals surface area contributed by atoms with Gasteiger partial charge >= 0.3 is 0 Å². The minimum absolute atomic E-state index is 0.317. The first-order chi connectivity index (χ1) is 11.8. The van der Waals surface area contributed by atoms with Crippen LogP contribution in [0.2, 0.25) is 15.1 Å². The smallest absolute Gasteiger partial charge is 0.265 e. The third-order valence-electron chi connectivity index (χ3n) is 3.30. The van der Waals surface area contributed by atoms with E-state index in [0.29, 0.717) is 38.0 Å². The Bertz CT molecular complexity index is 783. The van der Waals surface area contributed by atoms with Gasteiger partial charge in [0.15, 0.2) is 6.10 Å². The number of amides is 1. The second-order valence-electron chi connectivity index (χ2n) is 5.01. The average molecular weight is 405 g/mol. The van der Waals surface area contributed by atoms with Crippen molar-refractivity contribution in [3.05, 3.63) is 45.4 Å². The van der Waals surface area contributed by atoms with Crippen molar-refractivity contribution in [2.45, 2.75) is 13.0 Å². The van der Waals surface area contributed by atoms with E-state index in [0.717, 1.165) is 0 Å².